The zero-order chi connectivity index (χ0) is 9.84. The normalized spacial score (nSPS) is 9.23. The lowest BCUT2D eigenvalue weighted by Gasteiger charge is -2.01. The molecule has 0 atom stereocenters. The van der Waals surface area contributed by atoms with Crippen molar-refractivity contribution in [2.45, 2.75) is 13.3 Å². The van der Waals surface area contributed by atoms with Crippen LogP contribution in [0.1, 0.15) is 21.5 Å². The Morgan fingerprint density at radius 1 is 1.62 bits per heavy atom. The summed E-state index contributed by atoms with van der Waals surface area (Å²) in [4.78, 5) is 10.6. The summed E-state index contributed by atoms with van der Waals surface area (Å²) < 4.78 is 0. The van der Waals surface area contributed by atoms with Gasteiger partial charge < -0.3 is 5.11 Å². The van der Waals surface area contributed by atoms with Crippen LogP contribution in [0.3, 0.4) is 0 Å². The zero-order valence-corrected chi connectivity index (χ0v) is 7.24. The summed E-state index contributed by atoms with van der Waals surface area (Å²) in [5, 5.41) is 17.1. The number of carboxylic acids is 1. The minimum Gasteiger partial charge on any atom is -0.478 e. The summed E-state index contributed by atoms with van der Waals surface area (Å²) in [5.74, 6) is -0.930. The van der Waals surface area contributed by atoms with Crippen LogP contribution < -0.4 is 0 Å². The van der Waals surface area contributed by atoms with Crippen LogP contribution in [-0.2, 0) is 6.42 Å². The fourth-order valence-corrected chi connectivity index (χ4v) is 1.17. The van der Waals surface area contributed by atoms with E-state index in [0.29, 0.717) is 17.5 Å². The van der Waals surface area contributed by atoms with Gasteiger partial charge in [-0.15, -0.1) is 0 Å². The Hall–Kier alpha value is -1.82. The molecule has 0 aromatic heterocycles. The summed E-state index contributed by atoms with van der Waals surface area (Å²) >= 11 is 0. The van der Waals surface area contributed by atoms with E-state index >= 15 is 0 Å². The van der Waals surface area contributed by atoms with Gasteiger partial charge in [0.2, 0.25) is 0 Å². The van der Waals surface area contributed by atoms with Crippen LogP contribution in [0.4, 0.5) is 0 Å². The van der Waals surface area contributed by atoms with Gasteiger partial charge in [-0.05, 0) is 24.1 Å². The summed E-state index contributed by atoms with van der Waals surface area (Å²) in [7, 11) is 0. The first-order valence-corrected chi connectivity index (χ1v) is 3.85. The molecule has 13 heavy (non-hydrogen) atoms. The molecule has 0 saturated carbocycles. The average Bonchev–Trinajstić information content (AvgIpc) is 2.04. The third-order valence-corrected chi connectivity index (χ3v) is 1.80. The highest BCUT2D eigenvalue weighted by molar-refractivity contribution is 5.89. The van der Waals surface area contributed by atoms with E-state index in [2.05, 4.69) is 0 Å². The molecule has 0 heterocycles. The molecule has 3 heteroatoms. The van der Waals surface area contributed by atoms with Crippen LogP contribution in [0.25, 0.3) is 0 Å². The molecule has 0 aliphatic carbocycles. The smallest absolute Gasteiger partial charge is 0.335 e. The van der Waals surface area contributed by atoms with Crippen LogP contribution in [0.2, 0.25) is 0 Å². The molecule has 0 radical (unpaired) electrons. The molecule has 0 bridgehead atoms. The number of carboxylic acid groups (broad SMARTS) is 1. The van der Waals surface area contributed by atoms with Gasteiger partial charge in [-0.1, -0.05) is 12.1 Å². The average molecular weight is 175 g/mol. The maximum absolute atomic E-state index is 10.6. The number of rotatable bonds is 2. The molecule has 1 aromatic rings. The van der Waals surface area contributed by atoms with Crippen molar-refractivity contribution in [1.82, 2.24) is 0 Å². The van der Waals surface area contributed by atoms with Crippen LogP contribution in [0.15, 0.2) is 18.2 Å². The van der Waals surface area contributed by atoms with E-state index < -0.39 is 5.97 Å². The number of nitriles is 1. The SMILES string of the molecule is Cc1cc(CC#N)ccc1C(=O)O. The summed E-state index contributed by atoms with van der Waals surface area (Å²) in [6, 6.07) is 6.94. The Kier molecular flexibility index (Phi) is 2.65. The van der Waals surface area contributed by atoms with Gasteiger partial charge in [0.1, 0.15) is 0 Å². The van der Waals surface area contributed by atoms with Crippen molar-refractivity contribution in [1.29, 1.82) is 5.26 Å². The van der Waals surface area contributed by atoms with Gasteiger partial charge in [0.15, 0.2) is 0 Å². The highest BCUT2D eigenvalue weighted by Gasteiger charge is 2.06. The zero-order valence-electron chi connectivity index (χ0n) is 7.24. The first-order valence-electron chi connectivity index (χ1n) is 3.85. The molecule has 1 rings (SSSR count). The van der Waals surface area contributed by atoms with Crippen LogP contribution in [0.5, 0.6) is 0 Å². The second-order valence-corrected chi connectivity index (χ2v) is 2.79. The number of aromatic carboxylic acids is 1. The predicted octanol–water partition coefficient (Wildman–Crippen LogP) is 1.76. The highest BCUT2D eigenvalue weighted by Crippen LogP contribution is 2.11. The van der Waals surface area contributed by atoms with E-state index in [1.165, 1.54) is 6.07 Å². The lowest BCUT2D eigenvalue weighted by atomic mass is 10.0. The molecular weight excluding hydrogens is 166 g/mol. The fraction of sp³-hybridized carbons (Fsp3) is 0.200. The number of hydrogen-bond donors (Lipinski definition) is 1. The molecule has 3 nitrogen and oxygen atoms in total. The molecule has 0 spiro atoms. The maximum atomic E-state index is 10.6. The van der Waals surface area contributed by atoms with Crippen LogP contribution in [-0.4, -0.2) is 11.1 Å². The molecule has 0 unspecified atom stereocenters. The number of hydrogen-bond acceptors (Lipinski definition) is 2. The lowest BCUT2D eigenvalue weighted by Crippen LogP contribution is -1.99. The van der Waals surface area contributed by atoms with E-state index in [1.54, 1.807) is 19.1 Å². The Bertz CT molecular complexity index is 377. The van der Waals surface area contributed by atoms with E-state index in [4.69, 9.17) is 10.4 Å². The first kappa shape index (κ1) is 9.27. The maximum Gasteiger partial charge on any atom is 0.335 e. The van der Waals surface area contributed by atoms with Crippen molar-refractivity contribution in [3.63, 3.8) is 0 Å². The molecule has 66 valence electrons. The quantitative estimate of drug-likeness (QED) is 0.744. The second-order valence-electron chi connectivity index (χ2n) is 2.79. The van der Waals surface area contributed by atoms with Gasteiger partial charge in [0, 0.05) is 0 Å². The molecule has 0 saturated heterocycles. The predicted molar refractivity (Wildman–Crippen MR) is 47.5 cm³/mol. The van der Waals surface area contributed by atoms with E-state index in [-0.39, 0.29) is 0 Å². The summed E-state index contributed by atoms with van der Waals surface area (Å²) in [5.41, 5.74) is 1.84. The first-order chi connectivity index (χ1) is 6.15. The third kappa shape index (κ3) is 2.06. The van der Waals surface area contributed by atoms with Crippen molar-refractivity contribution in [2.24, 2.45) is 0 Å². The topological polar surface area (TPSA) is 61.1 Å². The minimum absolute atomic E-state index is 0.293. The van der Waals surface area contributed by atoms with Gasteiger partial charge in [-0.25, -0.2) is 4.79 Å². The lowest BCUT2D eigenvalue weighted by molar-refractivity contribution is 0.0696. The number of carbonyl (C=O) groups is 1. The number of nitrogens with zero attached hydrogens (tertiary/aromatic N) is 1. The summed E-state index contributed by atoms with van der Waals surface area (Å²) in [6.45, 7) is 1.73. The third-order valence-electron chi connectivity index (χ3n) is 1.80. The van der Waals surface area contributed by atoms with Gasteiger partial charge in [0.25, 0.3) is 0 Å². The van der Waals surface area contributed by atoms with Gasteiger partial charge >= 0.3 is 5.97 Å². The molecular formula is C10H9NO2. The monoisotopic (exact) mass is 175 g/mol. The van der Waals surface area contributed by atoms with Crippen LogP contribution >= 0.6 is 0 Å². The number of aryl methyl sites for hydroxylation is 1. The van der Waals surface area contributed by atoms with Crippen molar-refractivity contribution in [3.8, 4) is 6.07 Å². The Morgan fingerprint density at radius 3 is 2.77 bits per heavy atom. The highest BCUT2D eigenvalue weighted by atomic mass is 16.4. The molecule has 0 amide bonds. The molecule has 0 aliphatic rings. The standard InChI is InChI=1S/C10H9NO2/c1-7-6-8(4-5-11)2-3-9(7)10(12)13/h2-3,6H,4H2,1H3,(H,12,13). The molecule has 0 fully saturated rings. The van der Waals surface area contributed by atoms with E-state index in [1.807, 2.05) is 6.07 Å². The largest absolute Gasteiger partial charge is 0.478 e. The van der Waals surface area contributed by atoms with Crippen molar-refractivity contribution < 1.29 is 9.90 Å². The van der Waals surface area contributed by atoms with Gasteiger partial charge in [0.05, 0.1) is 18.1 Å². The van der Waals surface area contributed by atoms with Crippen molar-refractivity contribution in [2.75, 3.05) is 0 Å². The van der Waals surface area contributed by atoms with E-state index in [9.17, 15) is 4.79 Å². The Balaban J connectivity index is 3.07. The van der Waals surface area contributed by atoms with Crippen LogP contribution in [0, 0.1) is 18.3 Å². The Labute approximate surface area is 76.2 Å². The minimum atomic E-state index is -0.930. The fourth-order valence-electron chi connectivity index (χ4n) is 1.17. The number of benzene rings is 1. The molecule has 0 aliphatic heterocycles. The second kappa shape index (κ2) is 3.72. The molecule has 1 N–H and O–H groups in total. The van der Waals surface area contributed by atoms with Crippen molar-refractivity contribution in [3.05, 3.63) is 34.9 Å². The Morgan fingerprint density at radius 2 is 2.31 bits per heavy atom. The summed E-state index contributed by atoms with van der Waals surface area (Å²) in [6.07, 6.45) is 0.320. The van der Waals surface area contributed by atoms with Gasteiger partial charge in [-0.2, -0.15) is 5.26 Å². The van der Waals surface area contributed by atoms with Gasteiger partial charge in [-0.3, -0.25) is 0 Å². The van der Waals surface area contributed by atoms with E-state index in [0.717, 1.165) is 5.56 Å². The molecule has 1 aromatic carbocycles. The van der Waals surface area contributed by atoms with Crippen molar-refractivity contribution >= 4 is 5.97 Å².